The van der Waals surface area contributed by atoms with E-state index in [1.807, 2.05) is 31.2 Å². The van der Waals surface area contributed by atoms with Crippen molar-refractivity contribution in [3.63, 3.8) is 0 Å². The highest BCUT2D eigenvalue weighted by atomic mass is 32.2. The lowest BCUT2D eigenvalue weighted by Gasteiger charge is -2.20. The van der Waals surface area contributed by atoms with Gasteiger partial charge in [-0.05, 0) is 88.3 Å². The minimum Gasteiger partial charge on any atom is -0.494 e. The maximum Gasteiger partial charge on any atom is 0.229 e. The van der Waals surface area contributed by atoms with Gasteiger partial charge in [-0.25, -0.2) is 0 Å². The summed E-state index contributed by atoms with van der Waals surface area (Å²) in [6, 6.07) is 12.2. The normalized spacial score (nSPS) is 12.9. The summed E-state index contributed by atoms with van der Waals surface area (Å²) in [6.07, 6.45) is 6.94. The van der Waals surface area contributed by atoms with Crippen LogP contribution >= 0.6 is 23.5 Å². The molecular formula is C35H50N2O3S2. The first-order valence-electron chi connectivity index (χ1n) is 15.2. The number of thioether (sulfide) groups is 2. The van der Waals surface area contributed by atoms with Crippen molar-refractivity contribution in [2.75, 3.05) is 13.2 Å². The van der Waals surface area contributed by atoms with Crippen LogP contribution in [0.3, 0.4) is 0 Å². The zero-order valence-electron chi connectivity index (χ0n) is 26.8. The van der Waals surface area contributed by atoms with Gasteiger partial charge < -0.3 is 20.5 Å². The van der Waals surface area contributed by atoms with E-state index in [0.29, 0.717) is 13.2 Å². The Labute approximate surface area is 262 Å². The lowest BCUT2D eigenvalue weighted by atomic mass is 10.1. The fourth-order valence-electron chi connectivity index (χ4n) is 4.00. The van der Waals surface area contributed by atoms with E-state index >= 15 is 0 Å². The Kier molecular flexibility index (Phi) is 15.8. The molecule has 0 atom stereocenters. The zero-order chi connectivity index (χ0) is 31.1. The molecule has 0 bridgehead atoms. The van der Waals surface area contributed by atoms with Gasteiger partial charge in [-0.15, -0.1) is 0 Å². The van der Waals surface area contributed by atoms with Crippen LogP contribution in [0.1, 0.15) is 97.3 Å². The maximum atomic E-state index is 13.4. The molecule has 42 heavy (non-hydrogen) atoms. The van der Waals surface area contributed by atoms with Gasteiger partial charge in [0.1, 0.15) is 11.5 Å². The van der Waals surface area contributed by atoms with Crippen molar-refractivity contribution < 1.29 is 14.3 Å². The lowest BCUT2D eigenvalue weighted by molar-refractivity contribution is -0.119. The van der Waals surface area contributed by atoms with Gasteiger partial charge in [-0.3, -0.25) is 4.79 Å². The summed E-state index contributed by atoms with van der Waals surface area (Å²) in [6.45, 7) is 18.0. The van der Waals surface area contributed by atoms with Crippen LogP contribution in [0, 0.1) is 6.92 Å². The molecule has 230 valence electrons. The maximum absolute atomic E-state index is 13.4. The van der Waals surface area contributed by atoms with Gasteiger partial charge in [0.15, 0.2) is 0 Å². The molecule has 0 fully saturated rings. The smallest absolute Gasteiger partial charge is 0.229 e. The highest BCUT2D eigenvalue weighted by Gasteiger charge is 2.19. The molecule has 3 N–H and O–H groups in total. The average molecular weight is 611 g/mol. The lowest BCUT2D eigenvalue weighted by Crippen LogP contribution is -2.24. The molecule has 0 radical (unpaired) electrons. The van der Waals surface area contributed by atoms with Gasteiger partial charge in [0.2, 0.25) is 5.91 Å². The van der Waals surface area contributed by atoms with Gasteiger partial charge >= 0.3 is 0 Å². The number of allylic oxidation sites excluding steroid dienone is 3. The van der Waals surface area contributed by atoms with Crippen molar-refractivity contribution in [1.29, 1.82) is 0 Å². The van der Waals surface area contributed by atoms with Gasteiger partial charge in [0.25, 0.3) is 0 Å². The molecule has 0 aliphatic heterocycles. The minimum absolute atomic E-state index is 0.0400. The molecule has 0 heterocycles. The van der Waals surface area contributed by atoms with E-state index in [1.165, 1.54) is 5.57 Å². The Hall–Kier alpha value is -2.77. The monoisotopic (exact) mass is 610 g/mol. The SMILES string of the molecule is CC/C=C(\N)Sc1cc(CC(=O)NC(SC(=C(C)CC)c2ccc(OCC)cc2OCCCC)=C(C)CC)ccc1C. The van der Waals surface area contributed by atoms with E-state index in [1.54, 1.807) is 23.5 Å². The third kappa shape index (κ3) is 11.1. The first-order valence-corrected chi connectivity index (χ1v) is 16.8. The molecule has 2 aromatic rings. The van der Waals surface area contributed by atoms with Crippen molar-refractivity contribution >= 4 is 34.3 Å². The number of ether oxygens (including phenoxy) is 2. The molecular weight excluding hydrogens is 561 g/mol. The second-order valence-electron chi connectivity index (χ2n) is 10.3. The van der Waals surface area contributed by atoms with Crippen molar-refractivity contribution in [3.05, 3.63) is 80.4 Å². The van der Waals surface area contributed by atoms with Gasteiger partial charge in [0.05, 0.1) is 29.7 Å². The van der Waals surface area contributed by atoms with Crippen LogP contribution in [0.5, 0.6) is 11.5 Å². The minimum atomic E-state index is -0.0400. The van der Waals surface area contributed by atoms with E-state index in [-0.39, 0.29) is 12.3 Å². The van der Waals surface area contributed by atoms with Crippen molar-refractivity contribution in [2.45, 2.75) is 98.8 Å². The number of carbonyl (C=O) groups excluding carboxylic acids is 1. The van der Waals surface area contributed by atoms with Gasteiger partial charge in [-0.2, -0.15) is 0 Å². The molecule has 0 unspecified atom stereocenters. The third-order valence-corrected chi connectivity index (χ3v) is 9.30. The van der Waals surface area contributed by atoms with Crippen LogP contribution in [0.4, 0.5) is 0 Å². The van der Waals surface area contributed by atoms with Crippen LogP contribution in [0.25, 0.3) is 4.91 Å². The molecule has 2 rings (SSSR count). The van der Waals surface area contributed by atoms with E-state index < -0.39 is 0 Å². The molecule has 0 aliphatic carbocycles. The molecule has 0 saturated carbocycles. The Morgan fingerprint density at radius 2 is 1.71 bits per heavy atom. The summed E-state index contributed by atoms with van der Waals surface area (Å²) >= 11 is 3.17. The summed E-state index contributed by atoms with van der Waals surface area (Å²) in [5, 5.41) is 4.90. The first kappa shape index (κ1) is 35.4. The Balaban J connectivity index is 2.38. The van der Waals surface area contributed by atoms with E-state index in [0.717, 1.165) is 85.7 Å². The number of aryl methyl sites for hydroxylation is 1. The largest absolute Gasteiger partial charge is 0.494 e. The van der Waals surface area contributed by atoms with E-state index in [4.69, 9.17) is 15.2 Å². The Morgan fingerprint density at radius 1 is 0.976 bits per heavy atom. The molecule has 2 aromatic carbocycles. The van der Waals surface area contributed by atoms with Crippen LogP contribution in [0.2, 0.25) is 0 Å². The summed E-state index contributed by atoms with van der Waals surface area (Å²) in [7, 11) is 0. The summed E-state index contributed by atoms with van der Waals surface area (Å²) in [5.41, 5.74) is 11.7. The molecule has 1 amide bonds. The predicted molar refractivity (Wildman–Crippen MR) is 183 cm³/mol. The number of amides is 1. The van der Waals surface area contributed by atoms with Crippen molar-refractivity contribution in [1.82, 2.24) is 5.32 Å². The fraction of sp³-hybridized carbons (Fsp3) is 0.457. The topological polar surface area (TPSA) is 73.6 Å². The molecule has 7 heteroatoms. The predicted octanol–water partition coefficient (Wildman–Crippen LogP) is 9.75. The number of hydrogen-bond donors (Lipinski definition) is 2. The molecule has 0 saturated heterocycles. The van der Waals surface area contributed by atoms with E-state index in [9.17, 15) is 4.79 Å². The number of benzene rings is 2. The van der Waals surface area contributed by atoms with Crippen LogP contribution in [0.15, 0.2) is 68.6 Å². The van der Waals surface area contributed by atoms with Gasteiger partial charge in [-0.1, -0.05) is 81.4 Å². The second-order valence-corrected chi connectivity index (χ2v) is 12.4. The number of rotatable bonds is 17. The van der Waals surface area contributed by atoms with Crippen LogP contribution < -0.4 is 20.5 Å². The second kappa shape index (κ2) is 18.7. The quantitative estimate of drug-likeness (QED) is 0.137. The average Bonchev–Trinajstić information content (AvgIpc) is 2.97. The summed E-state index contributed by atoms with van der Waals surface area (Å²) in [4.78, 5) is 15.6. The summed E-state index contributed by atoms with van der Waals surface area (Å²) < 4.78 is 12.1. The zero-order valence-corrected chi connectivity index (χ0v) is 28.4. The standard InChI is InChI=1S/C35H50N2O3S2/c1-9-14-20-40-30-23-28(39-13-5)18-19-29(30)34(24(6)11-3)42-35(25(7)12-4)37-33(38)22-27-17-16-26(8)31(21-27)41-32(36)15-10-2/h15-19,21,23H,9-14,20,22,36H2,1-8H3,(H,37,38)/b32-15+,34-24?,35-25?. The highest BCUT2D eigenvalue weighted by Crippen LogP contribution is 2.43. The van der Waals surface area contributed by atoms with Crippen LogP contribution in [-0.2, 0) is 11.2 Å². The number of nitrogens with two attached hydrogens (primary N) is 1. The molecule has 0 spiro atoms. The number of carbonyl (C=O) groups is 1. The molecule has 0 aliphatic rings. The molecule has 0 aromatic heterocycles. The Morgan fingerprint density at radius 3 is 2.36 bits per heavy atom. The fourth-order valence-corrected chi connectivity index (χ4v) is 6.23. The van der Waals surface area contributed by atoms with Crippen LogP contribution in [-0.4, -0.2) is 19.1 Å². The summed E-state index contributed by atoms with van der Waals surface area (Å²) in [5.74, 6) is 1.56. The third-order valence-electron chi connectivity index (χ3n) is 6.81. The Bertz CT molecular complexity index is 1280. The van der Waals surface area contributed by atoms with Gasteiger partial charge in [0, 0.05) is 21.4 Å². The highest BCUT2D eigenvalue weighted by molar-refractivity contribution is 8.11. The number of unbranched alkanes of at least 4 members (excludes halogenated alkanes) is 1. The van der Waals surface area contributed by atoms with E-state index in [2.05, 4.69) is 72.0 Å². The van der Waals surface area contributed by atoms with Crippen molar-refractivity contribution in [3.8, 4) is 11.5 Å². The molecule has 5 nitrogen and oxygen atoms in total. The van der Waals surface area contributed by atoms with Crippen molar-refractivity contribution in [2.24, 2.45) is 5.73 Å². The number of nitrogens with one attached hydrogen (secondary N) is 1. The first-order chi connectivity index (χ1) is 20.2. The number of hydrogen-bond acceptors (Lipinski definition) is 6.